The van der Waals surface area contributed by atoms with E-state index in [0.717, 1.165) is 24.3 Å². The number of fused-ring (bicyclic) bond motifs is 2. The standard InChI is InChI=1S/C23H18ClF3N6O3/c1-28-22(35)21-30-20(31-23(36)32-5-4-10-6-14(26)15(27)8-16(10)32)19-18(29-17(34)9-33(19)21)12-7-11(25)2-3-13(12)24/h2-3,6-8,18H,4-5,9H2,1H3,(H,28,35)(H,29,34)(H,31,36). The molecule has 0 radical (unpaired) electrons. The summed E-state index contributed by atoms with van der Waals surface area (Å²) < 4.78 is 42.9. The minimum absolute atomic E-state index is 0.0834. The number of anilines is 2. The third-order valence-electron chi connectivity index (χ3n) is 6.07. The summed E-state index contributed by atoms with van der Waals surface area (Å²) in [5, 5.41) is 7.87. The molecule has 186 valence electrons. The number of rotatable bonds is 3. The first kappa shape index (κ1) is 23.7. The van der Waals surface area contributed by atoms with Crippen molar-refractivity contribution in [2.45, 2.75) is 19.0 Å². The average Bonchev–Trinajstić information content (AvgIpc) is 3.41. The van der Waals surface area contributed by atoms with Crippen LogP contribution in [0.15, 0.2) is 30.3 Å². The van der Waals surface area contributed by atoms with Gasteiger partial charge in [-0.15, -0.1) is 0 Å². The van der Waals surface area contributed by atoms with Gasteiger partial charge >= 0.3 is 6.03 Å². The minimum Gasteiger partial charge on any atom is -0.352 e. The van der Waals surface area contributed by atoms with Crippen LogP contribution in [0.2, 0.25) is 5.02 Å². The number of urea groups is 1. The molecule has 3 N–H and O–H groups in total. The Morgan fingerprint density at radius 3 is 2.67 bits per heavy atom. The van der Waals surface area contributed by atoms with E-state index in [1.54, 1.807) is 0 Å². The van der Waals surface area contributed by atoms with Crippen molar-refractivity contribution in [2.24, 2.45) is 0 Å². The van der Waals surface area contributed by atoms with Gasteiger partial charge in [0, 0.05) is 30.2 Å². The van der Waals surface area contributed by atoms with Crippen molar-refractivity contribution in [3.8, 4) is 0 Å². The minimum atomic E-state index is -1.10. The van der Waals surface area contributed by atoms with E-state index in [9.17, 15) is 27.6 Å². The van der Waals surface area contributed by atoms with Gasteiger partial charge in [0.15, 0.2) is 17.5 Å². The predicted molar refractivity (Wildman–Crippen MR) is 123 cm³/mol. The number of benzene rings is 2. The Morgan fingerprint density at radius 1 is 1.17 bits per heavy atom. The van der Waals surface area contributed by atoms with Gasteiger partial charge in [0.25, 0.3) is 5.91 Å². The van der Waals surface area contributed by atoms with Crippen molar-refractivity contribution < 1.29 is 27.6 Å². The molecule has 0 bridgehead atoms. The lowest BCUT2D eigenvalue weighted by molar-refractivity contribution is -0.123. The van der Waals surface area contributed by atoms with Gasteiger partial charge in [-0.25, -0.2) is 22.9 Å². The first-order chi connectivity index (χ1) is 17.2. The zero-order chi connectivity index (χ0) is 25.7. The summed E-state index contributed by atoms with van der Waals surface area (Å²) in [5.74, 6) is -4.08. The van der Waals surface area contributed by atoms with Crippen LogP contribution in [0.3, 0.4) is 0 Å². The smallest absolute Gasteiger partial charge is 0.327 e. The fourth-order valence-corrected chi connectivity index (χ4v) is 4.66. The van der Waals surface area contributed by atoms with E-state index >= 15 is 0 Å². The first-order valence-corrected chi connectivity index (χ1v) is 11.2. The topological polar surface area (TPSA) is 108 Å². The second-order valence-electron chi connectivity index (χ2n) is 8.23. The molecule has 2 aromatic carbocycles. The largest absolute Gasteiger partial charge is 0.352 e. The number of hydrogen-bond acceptors (Lipinski definition) is 4. The van der Waals surface area contributed by atoms with Crippen LogP contribution in [0.25, 0.3) is 0 Å². The lowest BCUT2D eigenvalue weighted by Gasteiger charge is -2.28. The van der Waals surface area contributed by atoms with Crippen molar-refractivity contribution in [3.05, 3.63) is 75.5 Å². The highest BCUT2D eigenvalue weighted by Gasteiger charge is 2.37. The Labute approximate surface area is 207 Å². The van der Waals surface area contributed by atoms with Crippen molar-refractivity contribution in [1.82, 2.24) is 20.2 Å². The van der Waals surface area contributed by atoms with E-state index in [4.69, 9.17) is 11.6 Å². The molecule has 3 heterocycles. The maximum Gasteiger partial charge on any atom is 0.327 e. The number of imidazole rings is 1. The zero-order valence-corrected chi connectivity index (χ0v) is 19.4. The van der Waals surface area contributed by atoms with Crippen LogP contribution in [-0.2, 0) is 17.8 Å². The predicted octanol–water partition coefficient (Wildman–Crippen LogP) is 3.13. The molecule has 3 aromatic rings. The molecule has 4 amide bonds. The molecule has 9 nitrogen and oxygen atoms in total. The number of nitrogens with zero attached hydrogens (tertiary/aromatic N) is 3. The summed E-state index contributed by atoms with van der Waals surface area (Å²) in [4.78, 5) is 43.7. The van der Waals surface area contributed by atoms with Gasteiger partial charge in [-0.3, -0.25) is 19.8 Å². The average molecular weight is 519 g/mol. The van der Waals surface area contributed by atoms with Crippen LogP contribution < -0.4 is 20.9 Å². The molecule has 2 aliphatic rings. The second-order valence-corrected chi connectivity index (χ2v) is 8.63. The third-order valence-corrected chi connectivity index (χ3v) is 6.42. The SMILES string of the molecule is CNC(=O)c1nc(NC(=O)N2CCc3cc(F)c(F)cc32)c2n1CC(=O)NC2c1cc(F)ccc1Cl. The molecule has 36 heavy (non-hydrogen) atoms. The monoisotopic (exact) mass is 518 g/mol. The third kappa shape index (κ3) is 3.92. The molecule has 0 fully saturated rings. The number of carbonyl (C=O) groups is 3. The number of amides is 4. The van der Waals surface area contributed by atoms with Crippen molar-refractivity contribution >= 4 is 41.0 Å². The van der Waals surface area contributed by atoms with E-state index in [2.05, 4.69) is 20.9 Å². The fourth-order valence-electron chi connectivity index (χ4n) is 4.44. The van der Waals surface area contributed by atoms with Gasteiger partial charge in [0.05, 0.1) is 17.4 Å². The summed E-state index contributed by atoms with van der Waals surface area (Å²) in [7, 11) is 1.38. The molecule has 5 rings (SSSR count). The Kier molecular flexibility index (Phi) is 5.83. The quantitative estimate of drug-likeness (QED) is 0.495. The highest BCUT2D eigenvalue weighted by molar-refractivity contribution is 6.31. The highest BCUT2D eigenvalue weighted by atomic mass is 35.5. The number of aromatic nitrogens is 2. The van der Waals surface area contributed by atoms with Gasteiger partial charge in [0.2, 0.25) is 11.7 Å². The van der Waals surface area contributed by atoms with Crippen LogP contribution >= 0.6 is 11.6 Å². The van der Waals surface area contributed by atoms with Gasteiger partial charge in [-0.05, 0) is 36.2 Å². The van der Waals surface area contributed by atoms with Gasteiger partial charge < -0.3 is 15.2 Å². The first-order valence-electron chi connectivity index (χ1n) is 10.8. The molecule has 1 unspecified atom stereocenters. The van der Waals surface area contributed by atoms with E-state index in [1.165, 1.54) is 22.6 Å². The highest BCUT2D eigenvalue weighted by Crippen LogP contribution is 2.37. The fraction of sp³-hybridized carbons (Fsp3) is 0.217. The molecule has 2 aliphatic heterocycles. The summed E-state index contributed by atoms with van der Waals surface area (Å²) in [5.41, 5.74) is 1.04. The molecule has 0 spiro atoms. The maximum atomic E-state index is 14.1. The normalized spacial score (nSPS) is 16.3. The Morgan fingerprint density at radius 2 is 1.92 bits per heavy atom. The number of nitrogens with one attached hydrogen (secondary N) is 3. The molecular formula is C23H18ClF3N6O3. The Balaban J connectivity index is 1.59. The number of carbonyl (C=O) groups excluding carboxylic acids is 3. The molecule has 1 aromatic heterocycles. The summed E-state index contributed by atoms with van der Waals surface area (Å²) in [6.45, 7) is -0.139. The van der Waals surface area contributed by atoms with Crippen LogP contribution in [0, 0.1) is 17.5 Å². The number of hydrogen-bond donors (Lipinski definition) is 3. The van der Waals surface area contributed by atoms with E-state index in [0.29, 0.717) is 12.0 Å². The lowest BCUT2D eigenvalue weighted by atomic mass is 10.0. The lowest BCUT2D eigenvalue weighted by Crippen LogP contribution is -2.41. The molecule has 0 saturated carbocycles. The summed E-state index contributed by atoms with van der Waals surface area (Å²) >= 11 is 6.30. The van der Waals surface area contributed by atoms with Crippen LogP contribution in [0.4, 0.5) is 29.5 Å². The van der Waals surface area contributed by atoms with Gasteiger partial charge in [-0.1, -0.05) is 11.6 Å². The maximum absolute atomic E-state index is 14.1. The molecule has 0 aliphatic carbocycles. The molecular weight excluding hydrogens is 501 g/mol. The van der Waals surface area contributed by atoms with Gasteiger partial charge in [0.1, 0.15) is 12.4 Å². The second kappa shape index (κ2) is 8.86. The van der Waals surface area contributed by atoms with E-state index < -0.39 is 41.3 Å². The van der Waals surface area contributed by atoms with Gasteiger partial charge in [-0.2, -0.15) is 0 Å². The molecule has 13 heteroatoms. The van der Waals surface area contributed by atoms with E-state index in [1.807, 2.05) is 0 Å². The van der Waals surface area contributed by atoms with Crippen LogP contribution in [0.1, 0.15) is 33.5 Å². The zero-order valence-electron chi connectivity index (χ0n) is 18.7. The van der Waals surface area contributed by atoms with Crippen LogP contribution in [0.5, 0.6) is 0 Å². The van der Waals surface area contributed by atoms with Crippen molar-refractivity contribution in [3.63, 3.8) is 0 Å². The molecule has 1 atom stereocenters. The Hall–Kier alpha value is -4.06. The summed E-state index contributed by atoms with van der Waals surface area (Å²) in [6.07, 6.45) is 0.308. The van der Waals surface area contributed by atoms with Crippen LogP contribution in [-0.4, -0.2) is 41.0 Å². The van der Waals surface area contributed by atoms with Crippen molar-refractivity contribution in [1.29, 1.82) is 0 Å². The Bertz CT molecular complexity index is 1440. The summed E-state index contributed by atoms with van der Waals surface area (Å²) in [6, 6.07) is 3.82. The van der Waals surface area contributed by atoms with E-state index in [-0.39, 0.29) is 46.7 Å². The molecule has 0 saturated heterocycles. The van der Waals surface area contributed by atoms with Crippen molar-refractivity contribution in [2.75, 3.05) is 23.8 Å². The number of halogens is 4.